The van der Waals surface area contributed by atoms with Crippen LogP contribution in [0.1, 0.15) is 18.0 Å². The second-order valence-electron chi connectivity index (χ2n) is 5.23. The quantitative estimate of drug-likeness (QED) is 0.698. The average molecular weight is 325 g/mol. The number of ether oxygens (including phenoxy) is 1. The van der Waals surface area contributed by atoms with Gasteiger partial charge in [0.1, 0.15) is 12.1 Å². The summed E-state index contributed by atoms with van der Waals surface area (Å²) >= 11 is 0. The summed E-state index contributed by atoms with van der Waals surface area (Å²) in [5, 5.41) is 17.2. The third-order valence-electron chi connectivity index (χ3n) is 3.56. The van der Waals surface area contributed by atoms with Crippen molar-refractivity contribution in [1.82, 2.24) is 15.0 Å². The molecule has 122 valence electrons. The second kappa shape index (κ2) is 6.91. The maximum atomic E-state index is 12.0. The molecule has 1 N–H and O–H groups in total. The Morgan fingerprint density at radius 2 is 1.79 bits per heavy atom. The van der Waals surface area contributed by atoms with Gasteiger partial charge in [0.15, 0.2) is 6.04 Å². The number of carboxylic acid groups (broad SMARTS) is 1. The van der Waals surface area contributed by atoms with E-state index in [-0.39, 0.29) is 13.0 Å². The van der Waals surface area contributed by atoms with Gasteiger partial charge < -0.3 is 9.84 Å². The molecule has 0 aliphatic rings. The third kappa shape index (κ3) is 3.40. The minimum atomic E-state index is -1.17. The van der Waals surface area contributed by atoms with Crippen LogP contribution in [-0.2, 0) is 20.9 Å². The molecule has 3 aromatic rings. The van der Waals surface area contributed by atoms with Crippen LogP contribution in [0.25, 0.3) is 11.0 Å². The predicted octanol–water partition coefficient (Wildman–Crippen LogP) is 2.19. The van der Waals surface area contributed by atoms with E-state index in [4.69, 9.17) is 4.74 Å². The van der Waals surface area contributed by atoms with Crippen LogP contribution < -0.4 is 0 Å². The molecule has 0 radical (unpaired) electrons. The van der Waals surface area contributed by atoms with E-state index in [0.717, 1.165) is 5.56 Å². The molecule has 0 saturated heterocycles. The molecule has 0 aliphatic heterocycles. The third-order valence-corrected chi connectivity index (χ3v) is 3.56. The molecular weight excluding hydrogens is 310 g/mol. The van der Waals surface area contributed by atoms with Gasteiger partial charge in [0.05, 0.1) is 11.9 Å². The summed E-state index contributed by atoms with van der Waals surface area (Å²) in [6.45, 7) is 0.101. The van der Waals surface area contributed by atoms with Crippen molar-refractivity contribution in [3.8, 4) is 0 Å². The Bertz CT molecular complexity index is 860. The van der Waals surface area contributed by atoms with E-state index in [0.29, 0.717) is 11.0 Å². The van der Waals surface area contributed by atoms with Crippen LogP contribution in [0.4, 0.5) is 0 Å². The first-order valence-electron chi connectivity index (χ1n) is 7.37. The second-order valence-corrected chi connectivity index (χ2v) is 5.23. The van der Waals surface area contributed by atoms with Crippen molar-refractivity contribution in [3.05, 3.63) is 60.2 Å². The summed E-state index contributed by atoms with van der Waals surface area (Å²) in [6.07, 6.45) is -0.324. The number of carbonyl (C=O) groups is 2. The van der Waals surface area contributed by atoms with Crippen molar-refractivity contribution < 1.29 is 19.4 Å². The molecule has 0 saturated carbocycles. The largest absolute Gasteiger partial charge is 0.480 e. The molecule has 0 aliphatic carbocycles. The van der Waals surface area contributed by atoms with E-state index in [9.17, 15) is 14.7 Å². The van der Waals surface area contributed by atoms with E-state index in [1.165, 1.54) is 4.68 Å². The van der Waals surface area contributed by atoms with Gasteiger partial charge in [-0.2, -0.15) is 0 Å². The number of esters is 1. The van der Waals surface area contributed by atoms with Gasteiger partial charge in [0.25, 0.3) is 0 Å². The highest BCUT2D eigenvalue weighted by molar-refractivity contribution is 5.83. The van der Waals surface area contributed by atoms with E-state index in [2.05, 4.69) is 10.3 Å². The summed E-state index contributed by atoms with van der Waals surface area (Å²) in [4.78, 5) is 23.6. The van der Waals surface area contributed by atoms with Crippen molar-refractivity contribution in [1.29, 1.82) is 0 Å². The lowest BCUT2D eigenvalue weighted by Crippen LogP contribution is -2.24. The number of benzene rings is 2. The van der Waals surface area contributed by atoms with Gasteiger partial charge >= 0.3 is 11.9 Å². The zero-order valence-corrected chi connectivity index (χ0v) is 12.7. The Kier molecular flexibility index (Phi) is 4.51. The van der Waals surface area contributed by atoms with Crippen LogP contribution >= 0.6 is 0 Å². The normalized spacial score (nSPS) is 12.0. The number of nitrogens with zero attached hydrogens (tertiary/aromatic N) is 3. The number of hydrogen-bond acceptors (Lipinski definition) is 5. The van der Waals surface area contributed by atoms with Gasteiger partial charge in [-0.05, 0) is 17.7 Å². The Balaban J connectivity index is 1.72. The standard InChI is InChI=1S/C17H15N3O4/c21-16(24-11-12-6-2-1-3-7-12)10-15(17(22)23)20-14-9-5-4-8-13(14)18-19-20/h1-9,15H,10-11H2,(H,22,23). The summed E-state index contributed by atoms with van der Waals surface area (Å²) in [5.74, 6) is -1.77. The SMILES string of the molecule is O=C(CC(C(=O)O)n1nnc2ccccc21)OCc1ccccc1. The average Bonchev–Trinajstić information content (AvgIpc) is 3.02. The molecule has 0 fully saturated rings. The summed E-state index contributed by atoms with van der Waals surface area (Å²) < 4.78 is 6.39. The summed E-state index contributed by atoms with van der Waals surface area (Å²) in [6, 6.07) is 15.0. The minimum absolute atomic E-state index is 0.101. The molecule has 7 heteroatoms. The number of para-hydroxylation sites is 1. The highest BCUT2D eigenvalue weighted by atomic mass is 16.5. The number of carbonyl (C=O) groups excluding carboxylic acids is 1. The van der Waals surface area contributed by atoms with E-state index in [1.54, 1.807) is 24.3 Å². The lowest BCUT2D eigenvalue weighted by molar-refractivity contribution is -0.151. The Morgan fingerprint density at radius 3 is 2.54 bits per heavy atom. The van der Waals surface area contributed by atoms with E-state index in [1.807, 2.05) is 30.3 Å². The Morgan fingerprint density at radius 1 is 1.08 bits per heavy atom. The lowest BCUT2D eigenvalue weighted by Gasteiger charge is -2.13. The van der Waals surface area contributed by atoms with Crippen LogP contribution in [0.2, 0.25) is 0 Å². The highest BCUT2D eigenvalue weighted by Gasteiger charge is 2.26. The smallest absolute Gasteiger partial charge is 0.329 e. The molecule has 1 atom stereocenters. The predicted molar refractivity (Wildman–Crippen MR) is 85.1 cm³/mol. The van der Waals surface area contributed by atoms with E-state index >= 15 is 0 Å². The summed E-state index contributed by atoms with van der Waals surface area (Å²) in [5.41, 5.74) is 1.96. The maximum Gasteiger partial charge on any atom is 0.329 e. The topological polar surface area (TPSA) is 94.3 Å². The minimum Gasteiger partial charge on any atom is -0.480 e. The van der Waals surface area contributed by atoms with Crippen LogP contribution in [0.3, 0.4) is 0 Å². The van der Waals surface area contributed by atoms with Gasteiger partial charge in [-0.3, -0.25) is 4.79 Å². The van der Waals surface area contributed by atoms with Crippen molar-refractivity contribution in [2.24, 2.45) is 0 Å². The molecule has 1 heterocycles. The first-order valence-corrected chi connectivity index (χ1v) is 7.37. The molecule has 1 unspecified atom stereocenters. The fourth-order valence-electron chi connectivity index (χ4n) is 2.35. The summed E-state index contributed by atoms with van der Waals surface area (Å²) in [7, 11) is 0. The van der Waals surface area contributed by atoms with Gasteiger partial charge in [0.2, 0.25) is 0 Å². The molecule has 1 aromatic heterocycles. The zero-order valence-electron chi connectivity index (χ0n) is 12.7. The van der Waals surface area contributed by atoms with Crippen molar-refractivity contribution in [3.63, 3.8) is 0 Å². The molecule has 0 amide bonds. The molecule has 24 heavy (non-hydrogen) atoms. The maximum absolute atomic E-state index is 12.0. The van der Waals surface area contributed by atoms with Crippen molar-refractivity contribution in [2.45, 2.75) is 19.1 Å². The van der Waals surface area contributed by atoms with Gasteiger partial charge in [-0.1, -0.05) is 47.7 Å². The molecule has 0 spiro atoms. The van der Waals surface area contributed by atoms with Crippen LogP contribution in [0, 0.1) is 0 Å². The van der Waals surface area contributed by atoms with E-state index < -0.39 is 18.0 Å². The van der Waals surface area contributed by atoms with Crippen molar-refractivity contribution >= 4 is 23.0 Å². The first kappa shape index (κ1) is 15.7. The van der Waals surface area contributed by atoms with Crippen LogP contribution in [0.5, 0.6) is 0 Å². The zero-order chi connectivity index (χ0) is 16.9. The highest BCUT2D eigenvalue weighted by Crippen LogP contribution is 2.19. The molecular formula is C17H15N3O4. The number of aliphatic carboxylic acids is 1. The van der Waals surface area contributed by atoms with Crippen LogP contribution in [-0.4, -0.2) is 32.0 Å². The fourth-order valence-corrected chi connectivity index (χ4v) is 2.35. The Labute approximate surface area is 137 Å². The molecule has 7 nitrogen and oxygen atoms in total. The van der Waals surface area contributed by atoms with Gasteiger partial charge in [0, 0.05) is 0 Å². The van der Waals surface area contributed by atoms with Crippen molar-refractivity contribution in [2.75, 3.05) is 0 Å². The lowest BCUT2D eigenvalue weighted by atomic mass is 10.2. The van der Waals surface area contributed by atoms with Gasteiger partial charge in [-0.15, -0.1) is 5.10 Å². The van der Waals surface area contributed by atoms with Crippen LogP contribution in [0.15, 0.2) is 54.6 Å². The number of aromatic nitrogens is 3. The monoisotopic (exact) mass is 325 g/mol. The number of fused-ring (bicyclic) bond motifs is 1. The van der Waals surface area contributed by atoms with Gasteiger partial charge in [-0.25, -0.2) is 9.48 Å². The molecule has 2 aromatic carbocycles. The fraction of sp³-hybridized carbons (Fsp3) is 0.176. The first-order chi connectivity index (χ1) is 11.6. The number of rotatable bonds is 6. The molecule has 3 rings (SSSR count). The Hall–Kier alpha value is -3.22. The number of carboxylic acids is 1. The number of hydrogen-bond donors (Lipinski definition) is 1. The molecule has 0 bridgehead atoms.